The summed E-state index contributed by atoms with van der Waals surface area (Å²) in [5.74, 6) is 0. The molecule has 0 heterocycles. The topological polar surface area (TPSA) is 43.3 Å². The number of hydrogen-bond acceptors (Lipinski definition) is 2. The summed E-state index contributed by atoms with van der Waals surface area (Å²) in [4.78, 5) is -1.06. The first-order valence-corrected chi connectivity index (χ1v) is 10.4. The van der Waals surface area contributed by atoms with Gasteiger partial charge in [0.15, 0.2) is 0 Å². The van der Waals surface area contributed by atoms with E-state index in [1.165, 1.54) is 89.9 Å². The molecule has 3 heteroatoms. The van der Waals surface area contributed by atoms with Crippen molar-refractivity contribution in [2.45, 2.75) is 117 Å². The number of nitrogens with zero attached hydrogens (tertiary/aromatic N) is 1. The predicted octanol–water partition coefficient (Wildman–Crippen LogP) is 6.97. The number of hydroxylamine groups is 4. The number of rotatable bonds is 18. The molecule has 0 bridgehead atoms. The third-order valence-electron chi connectivity index (χ3n) is 4.86. The highest BCUT2D eigenvalue weighted by molar-refractivity contribution is 4.50. The van der Waals surface area contributed by atoms with Crippen LogP contribution in [0.1, 0.15) is 117 Å². The molecular formula is C20H43NO2. The van der Waals surface area contributed by atoms with Gasteiger partial charge in [-0.25, -0.2) is 10.0 Å². The van der Waals surface area contributed by atoms with Gasteiger partial charge in [0.1, 0.15) is 13.1 Å². The van der Waals surface area contributed by atoms with Crippen molar-refractivity contribution in [2.24, 2.45) is 0 Å². The molecule has 140 valence electrons. The third-order valence-corrected chi connectivity index (χ3v) is 4.86. The summed E-state index contributed by atoms with van der Waals surface area (Å²) in [5.41, 5.74) is 0. The average molecular weight is 330 g/mol. The highest BCUT2D eigenvalue weighted by atomic mass is 16.8. The summed E-state index contributed by atoms with van der Waals surface area (Å²) in [7, 11) is 0. The SMILES string of the molecule is CCCCCCCCCCCCCCCCCC[N+]([O-])(O)CC. The van der Waals surface area contributed by atoms with Crippen LogP contribution in [-0.4, -0.2) is 23.1 Å². The van der Waals surface area contributed by atoms with Crippen molar-refractivity contribution in [3.05, 3.63) is 5.21 Å². The highest BCUT2D eigenvalue weighted by Crippen LogP contribution is 2.14. The lowest BCUT2D eigenvalue weighted by molar-refractivity contribution is -1.06. The first-order chi connectivity index (χ1) is 11.1. The molecule has 23 heavy (non-hydrogen) atoms. The zero-order valence-corrected chi connectivity index (χ0v) is 16.0. The van der Waals surface area contributed by atoms with Gasteiger partial charge >= 0.3 is 0 Å². The Bertz CT molecular complexity index is 232. The van der Waals surface area contributed by atoms with Gasteiger partial charge in [-0.3, -0.25) is 0 Å². The normalized spacial score (nSPS) is 14.1. The lowest BCUT2D eigenvalue weighted by Gasteiger charge is -2.32. The molecule has 1 N–H and O–H groups in total. The third kappa shape index (κ3) is 18.1. The minimum absolute atomic E-state index is 0.263. The maximum Gasteiger partial charge on any atom is 0.108 e. The fourth-order valence-corrected chi connectivity index (χ4v) is 3.07. The minimum Gasteiger partial charge on any atom is -0.598 e. The van der Waals surface area contributed by atoms with Crippen LogP contribution in [0.15, 0.2) is 0 Å². The number of hydrogen-bond donors (Lipinski definition) is 1. The molecule has 1 unspecified atom stereocenters. The van der Waals surface area contributed by atoms with Gasteiger partial charge in [-0.15, -0.1) is 0 Å². The summed E-state index contributed by atoms with van der Waals surface area (Å²) in [5, 5.41) is 20.6. The van der Waals surface area contributed by atoms with E-state index in [0.717, 1.165) is 12.8 Å². The zero-order chi connectivity index (χ0) is 17.2. The molecule has 0 radical (unpaired) electrons. The first-order valence-electron chi connectivity index (χ1n) is 10.4. The molecule has 0 spiro atoms. The quantitative estimate of drug-likeness (QED) is 0.167. The molecule has 3 nitrogen and oxygen atoms in total. The van der Waals surface area contributed by atoms with Crippen LogP contribution < -0.4 is 0 Å². The average Bonchev–Trinajstić information content (AvgIpc) is 2.54. The van der Waals surface area contributed by atoms with Crippen molar-refractivity contribution in [3.8, 4) is 0 Å². The van der Waals surface area contributed by atoms with Crippen molar-refractivity contribution in [2.75, 3.05) is 13.1 Å². The molecule has 1 atom stereocenters. The molecule has 0 aliphatic rings. The lowest BCUT2D eigenvalue weighted by atomic mass is 10.0. The molecule has 0 saturated heterocycles. The van der Waals surface area contributed by atoms with Crippen LogP contribution >= 0.6 is 0 Å². The van der Waals surface area contributed by atoms with Gasteiger partial charge in [0, 0.05) is 0 Å². The molecule has 0 rings (SSSR count). The molecule has 0 aromatic heterocycles. The fraction of sp³-hybridized carbons (Fsp3) is 1.00. The van der Waals surface area contributed by atoms with Gasteiger partial charge in [-0.05, 0) is 19.8 Å². The fourth-order valence-electron chi connectivity index (χ4n) is 3.07. The Labute approximate surface area is 145 Å². The van der Waals surface area contributed by atoms with Crippen LogP contribution in [-0.2, 0) is 0 Å². The molecule has 0 aromatic rings. The van der Waals surface area contributed by atoms with Crippen molar-refractivity contribution in [1.82, 2.24) is 0 Å². The van der Waals surface area contributed by atoms with Crippen LogP contribution in [0.3, 0.4) is 0 Å². The van der Waals surface area contributed by atoms with Gasteiger partial charge in [0.2, 0.25) is 0 Å². The van der Waals surface area contributed by atoms with Crippen molar-refractivity contribution in [3.63, 3.8) is 0 Å². The number of unbranched alkanes of at least 4 members (excludes halogenated alkanes) is 15. The maximum atomic E-state index is 11.3. The van der Waals surface area contributed by atoms with Crippen molar-refractivity contribution in [1.29, 1.82) is 0 Å². The van der Waals surface area contributed by atoms with Gasteiger partial charge in [0.05, 0.1) is 0 Å². The number of quaternary nitrogens is 1. The zero-order valence-electron chi connectivity index (χ0n) is 16.0. The van der Waals surface area contributed by atoms with Gasteiger partial charge in [0.25, 0.3) is 0 Å². The van der Waals surface area contributed by atoms with Crippen LogP contribution in [0.2, 0.25) is 0 Å². The second kappa shape index (κ2) is 16.7. The maximum absolute atomic E-state index is 11.3. The van der Waals surface area contributed by atoms with E-state index in [4.69, 9.17) is 0 Å². The summed E-state index contributed by atoms with van der Waals surface area (Å²) in [6, 6.07) is 0. The monoisotopic (exact) mass is 329 g/mol. The Kier molecular flexibility index (Phi) is 16.6. The van der Waals surface area contributed by atoms with Gasteiger partial charge < -0.3 is 5.21 Å². The Morgan fingerprint density at radius 1 is 0.565 bits per heavy atom. The van der Waals surface area contributed by atoms with Crippen LogP contribution in [0.5, 0.6) is 0 Å². The lowest BCUT2D eigenvalue weighted by Crippen LogP contribution is -2.38. The Hall–Kier alpha value is -0.120. The van der Waals surface area contributed by atoms with Crippen LogP contribution in [0.4, 0.5) is 0 Å². The van der Waals surface area contributed by atoms with E-state index in [9.17, 15) is 10.4 Å². The largest absolute Gasteiger partial charge is 0.598 e. The van der Waals surface area contributed by atoms with E-state index in [0.29, 0.717) is 6.54 Å². The second-order valence-electron chi connectivity index (χ2n) is 7.19. The molecular weight excluding hydrogens is 286 g/mol. The standard InChI is InChI=1S/C20H43NO2/c1-3-5-6-7-8-9-10-11-12-13-14-15-16-17-18-19-20-21(22,23)4-2/h22H,3-20H2,1-2H3. The predicted molar refractivity (Wildman–Crippen MR) is 100 cm³/mol. The summed E-state index contributed by atoms with van der Waals surface area (Å²) >= 11 is 0. The molecule has 0 aliphatic carbocycles. The second-order valence-corrected chi connectivity index (χ2v) is 7.19. The smallest absolute Gasteiger partial charge is 0.108 e. The Morgan fingerprint density at radius 3 is 1.17 bits per heavy atom. The van der Waals surface area contributed by atoms with E-state index in [-0.39, 0.29) is 6.54 Å². The van der Waals surface area contributed by atoms with Crippen LogP contribution in [0.25, 0.3) is 0 Å². The molecule has 0 aromatic carbocycles. The van der Waals surface area contributed by atoms with Gasteiger partial charge in [-0.2, -0.15) is 0 Å². The molecule has 0 fully saturated rings. The first kappa shape index (κ1) is 22.9. The minimum atomic E-state index is -1.06. The van der Waals surface area contributed by atoms with Gasteiger partial charge in [-0.1, -0.05) is 96.8 Å². The van der Waals surface area contributed by atoms with Crippen molar-refractivity contribution >= 4 is 0 Å². The Morgan fingerprint density at radius 2 is 0.870 bits per heavy atom. The molecule has 0 amide bonds. The molecule has 0 saturated carbocycles. The van der Waals surface area contributed by atoms with E-state index < -0.39 is 4.81 Å². The molecule has 0 aliphatic heterocycles. The van der Waals surface area contributed by atoms with E-state index in [1.807, 2.05) is 0 Å². The summed E-state index contributed by atoms with van der Waals surface area (Å²) in [6.45, 7) is 4.63. The summed E-state index contributed by atoms with van der Waals surface area (Å²) < 4.78 is 0. The van der Waals surface area contributed by atoms with Crippen molar-refractivity contribution < 1.29 is 10.0 Å². The summed E-state index contributed by atoms with van der Waals surface area (Å²) in [6.07, 6.45) is 21.3. The Balaban J connectivity index is 3.05. The van der Waals surface area contributed by atoms with E-state index in [1.54, 1.807) is 6.92 Å². The van der Waals surface area contributed by atoms with Crippen LogP contribution in [0, 0.1) is 5.21 Å². The van der Waals surface area contributed by atoms with E-state index in [2.05, 4.69) is 6.92 Å². The van der Waals surface area contributed by atoms with E-state index >= 15 is 0 Å². The highest BCUT2D eigenvalue weighted by Gasteiger charge is 2.08.